The summed E-state index contributed by atoms with van der Waals surface area (Å²) in [6, 6.07) is 15.0. The molecule has 1 fully saturated rings. The number of anilines is 1. The van der Waals surface area contributed by atoms with Gasteiger partial charge in [0, 0.05) is 25.2 Å². The Morgan fingerprint density at radius 3 is 2.59 bits per heavy atom. The first-order valence-corrected chi connectivity index (χ1v) is 12.2. The Morgan fingerprint density at radius 2 is 1.79 bits per heavy atom. The van der Waals surface area contributed by atoms with Crippen LogP contribution in [-0.4, -0.2) is 21.5 Å². The zero-order valence-electron chi connectivity index (χ0n) is 16.7. The first-order valence-electron chi connectivity index (χ1n) is 10.8. The number of sulfonamides is 1. The number of nitrogens with zero attached hydrogens (tertiary/aromatic N) is 1. The fourth-order valence-electron chi connectivity index (χ4n) is 4.77. The van der Waals surface area contributed by atoms with Gasteiger partial charge in [0.05, 0.1) is 10.6 Å². The zero-order chi connectivity index (χ0) is 19.8. The quantitative estimate of drug-likeness (QED) is 0.752. The topological polar surface area (TPSA) is 49.4 Å². The van der Waals surface area contributed by atoms with Crippen molar-refractivity contribution < 1.29 is 8.42 Å². The summed E-state index contributed by atoms with van der Waals surface area (Å²) in [6.07, 6.45) is 8.69. The second kappa shape index (κ2) is 7.52. The lowest BCUT2D eigenvalue weighted by Crippen LogP contribution is -2.29. The molecule has 1 heterocycles. The molecule has 0 atom stereocenters. The van der Waals surface area contributed by atoms with Gasteiger partial charge in [-0.25, -0.2) is 8.42 Å². The van der Waals surface area contributed by atoms with Gasteiger partial charge in [-0.1, -0.05) is 43.5 Å². The Hall–Kier alpha value is -2.27. The minimum absolute atomic E-state index is 0.357. The highest BCUT2D eigenvalue weighted by atomic mass is 32.2. The molecule has 2 aromatic carbocycles. The predicted molar refractivity (Wildman–Crippen MR) is 117 cm³/mol. The fourth-order valence-corrected chi connectivity index (χ4v) is 6.29. The highest BCUT2D eigenvalue weighted by Gasteiger charge is 2.32. The summed E-state index contributed by atoms with van der Waals surface area (Å²) in [5, 5.41) is 3.67. The van der Waals surface area contributed by atoms with E-state index in [4.69, 9.17) is 0 Å². The van der Waals surface area contributed by atoms with Gasteiger partial charge >= 0.3 is 0 Å². The summed E-state index contributed by atoms with van der Waals surface area (Å²) in [5.41, 5.74) is 5.98. The molecule has 29 heavy (non-hydrogen) atoms. The highest BCUT2D eigenvalue weighted by molar-refractivity contribution is 7.92. The number of nitrogens with one attached hydrogen (secondary N) is 1. The van der Waals surface area contributed by atoms with Crippen LogP contribution in [0.5, 0.6) is 0 Å². The second-order valence-corrected chi connectivity index (χ2v) is 10.4. The van der Waals surface area contributed by atoms with E-state index in [2.05, 4.69) is 17.4 Å². The minimum Gasteiger partial charge on any atom is -0.388 e. The Labute approximate surface area is 173 Å². The largest absolute Gasteiger partial charge is 0.388 e. The Kier molecular flexibility index (Phi) is 4.86. The van der Waals surface area contributed by atoms with E-state index >= 15 is 0 Å². The van der Waals surface area contributed by atoms with Gasteiger partial charge < -0.3 is 5.32 Å². The number of fused-ring (bicyclic) bond motifs is 1. The van der Waals surface area contributed by atoms with E-state index in [9.17, 15) is 8.42 Å². The molecule has 0 amide bonds. The average Bonchev–Trinajstić information content (AvgIpc) is 3.41. The van der Waals surface area contributed by atoms with Gasteiger partial charge in [0.1, 0.15) is 0 Å². The van der Waals surface area contributed by atoms with Crippen LogP contribution in [0.25, 0.3) is 5.57 Å². The molecular formula is C24H28N2O2S. The molecule has 0 radical (unpaired) electrons. The third-order valence-electron chi connectivity index (χ3n) is 6.53. The van der Waals surface area contributed by atoms with Crippen LogP contribution < -0.4 is 9.62 Å². The summed E-state index contributed by atoms with van der Waals surface area (Å²) >= 11 is 0. The molecule has 1 aliphatic heterocycles. The van der Waals surface area contributed by atoms with Crippen molar-refractivity contribution in [2.45, 2.75) is 49.8 Å². The van der Waals surface area contributed by atoms with E-state index in [1.807, 2.05) is 12.1 Å². The average molecular weight is 409 g/mol. The van der Waals surface area contributed by atoms with Gasteiger partial charge in [0.15, 0.2) is 0 Å². The van der Waals surface area contributed by atoms with Crippen LogP contribution in [0.3, 0.4) is 0 Å². The Bertz CT molecular complexity index is 1040. The Balaban J connectivity index is 1.31. The van der Waals surface area contributed by atoms with E-state index in [0.717, 1.165) is 36.6 Å². The SMILES string of the molecule is O=S(=O)(c1ccccc1)N1CCc2cc(C3=C(NCC4CCCCC4)C3)ccc21. The van der Waals surface area contributed by atoms with E-state index in [1.165, 1.54) is 48.9 Å². The van der Waals surface area contributed by atoms with Crippen molar-refractivity contribution in [3.63, 3.8) is 0 Å². The molecule has 0 bridgehead atoms. The molecule has 0 saturated heterocycles. The van der Waals surface area contributed by atoms with E-state index in [-0.39, 0.29) is 0 Å². The molecule has 5 heteroatoms. The summed E-state index contributed by atoms with van der Waals surface area (Å²) in [5.74, 6) is 0.829. The van der Waals surface area contributed by atoms with Crippen LogP contribution in [-0.2, 0) is 16.4 Å². The van der Waals surface area contributed by atoms with Crippen LogP contribution in [0.4, 0.5) is 5.69 Å². The van der Waals surface area contributed by atoms with E-state index < -0.39 is 10.0 Å². The predicted octanol–water partition coefficient (Wildman–Crippen LogP) is 4.72. The number of hydrogen-bond acceptors (Lipinski definition) is 3. The van der Waals surface area contributed by atoms with Gasteiger partial charge in [0.25, 0.3) is 10.0 Å². The molecular weight excluding hydrogens is 380 g/mol. The van der Waals surface area contributed by atoms with E-state index in [0.29, 0.717) is 11.4 Å². The van der Waals surface area contributed by atoms with Crippen molar-refractivity contribution in [1.29, 1.82) is 0 Å². The van der Waals surface area contributed by atoms with Crippen molar-refractivity contribution >= 4 is 21.3 Å². The molecule has 4 nitrogen and oxygen atoms in total. The molecule has 2 aliphatic carbocycles. The molecule has 1 N–H and O–H groups in total. The maximum absolute atomic E-state index is 13.0. The minimum atomic E-state index is -3.49. The third kappa shape index (κ3) is 3.68. The molecule has 3 aliphatic rings. The van der Waals surface area contributed by atoms with Crippen LogP contribution in [0.15, 0.2) is 59.1 Å². The molecule has 0 spiro atoms. The normalized spacial score (nSPS) is 19.4. The lowest BCUT2D eigenvalue weighted by molar-refractivity contribution is 0.352. The zero-order valence-corrected chi connectivity index (χ0v) is 17.5. The third-order valence-corrected chi connectivity index (χ3v) is 8.36. The molecule has 1 saturated carbocycles. The molecule has 0 aromatic heterocycles. The lowest BCUT2D eigenvalue weighted by atomic mass is 9.89. The maximum Gasteiger partial charge on any atom is 0.264 e. The van der Waals surface area contributed by atoms with Crippen molar-refractivity contribution in [2.24, 2.45) is 5.92 Å². The van der Waals surface area contributed by atoms with Crippen LogP contribution in [0.1, 0.15) is 49.7 Å². The van der Waals surface area contributed by atoms with Crippen molar-refractivity contribution in [1.82, 2.24) is 5.32 Å². The number of benzene rings is 2. The van der Waals surface area contributed by atoms with Gasteiger partial charge in [-0.15, -0.1) is 0 Å². The molecule has 5 rings (SSSR count). The Morgan fingerprint density at radius 1 is 1.00 bits per heavy atom. The van der Waals surface area contributed by atoms with Gasteiger partial charge in [0.2, 0.25) is 0 Å². The smallest absolute Gasteiger partial charge is 0.264 e. The number of allylic oxidation sites excluding steroid dienone is 2. The van der Waals surface area contributed by atoms with Crippen LogP contribution >= 0.6 is 0 Å². The summed E-state index contributed by atoms with van der Waals surface area (Å²) in [4.78, 5) is 0.357. The lowest BCUT2D eigenvalue weighted by Gasteiger charge is -2.21. The first-order chi connectivity index (χ1) is 14.1. The number of rotatable bonds is 6. The van der Waals surface area contributed by atoms with Crippen LogP contribution in [0.2, 0.25) is 0 Å². The van der Waals surface area contributed by atoms with Crippen molar-refractivity contribution in [2.75, 3.05) is 17.4 Å². The molecule has 152 valence electrons. The summed E-state index contributed by atoms with van der Waals surface area (Å²) in [6.45, 7) is 1.62. The van der Waals surface area contributed by atoms with Gasteiger partial charge in [-0.05, 0) is 66.1 Å². The van der Waals surface area contributed by atoms with Crippen molar-refractivity contribution in [3.8, 4) is 0 Å². The maximum atomic E-state index is 13.0. The first kappa shape index (κ1) is 18.7. The fraction of sp³-hybridized carbons (Fsp3) is 0.417. The van der Waals surface area contributed by atoms with Crippen LogP contribution in [0, 0.1) is 5.92 Å². The summed E-state index contributed by atoms with van der Waals surface area (Å²) < 4.78 is 27.6. The molecule has 0 unspecified atom stereocenters. The van der Waals surface area contributed by atoms with Crippen molar-refractivity contribution in [3.05, 3.63) is 65.4 Å². The summed E-state index contributed by atoms with van der Waals surface area (Å²) in [7, 11) is -3.49. The molecule has 2 aromatic rings. The van der Waals surface area contributed by atoms with Gasteiger partial charge in [-0.2, -0.15) is 0 Å². The standard InChI is InChI=1S/C24H28N2O2S/c27-29(28,21-9-5-2-6-10-21)26-14-13-20-15-19(11-12-24(20)26)22-16-23(22)25-17-18-7-3-1-4-8-18/h2,5-6,9-12,15,18,25H,1,3-4,7-8,13-14,16-17H2. The van der Waals surface area contributed by atoms with E-state index in [1.54, 1.807) is 28.6 Å². The monoisotopic (exact) mass is 408 g/mol. The second-order valence-electron chi connectivity index (χ2n) is 8.50. The number of hydrogen-bond donors (Lipinski definition) is 1. The van der Waals surface area contributed by atoms with Gasteiger partial charge in [-0.3, -0.25) is 4.31 Å². The highest BCUT2D eigenvalue weighted by Crippen LogP contribution is 2.42.